The van der Waals surface area contributed by atoms with Crippen molar-refractivity contribution in [2.24, 2.45) is 7.05 Å². The molecule has 2 aromatic heterocycles. The van der Waals surface area contributed by atoms with Gasteiger partial charge >= 0.3 is 5.97 Å². The number of methoxy groups -OCH3 is 1. The summed E-state index contributed by atoms with van der Waals surface area (Å²) in [6.07, 6.45) is 4.02. The van der Waals surface area contributed by atoms with Gasteiger partial charge in [-0.15, -0.1) is 0 Å². The van der Waals surface area contributed by atoms with Gasteiger partial charge in [-0.05, 0) is 24.6 Å². The first-order valence-corrected chi connectivity index (χ1v) is 6.72. The maximum Gasteiger partial charge on any atom is 0.341 e. The monoisotopic (exact) mass is 284 g/mol. The summed E-state index contributed by atoms with van der Waals surface area (Å²) in [6, 6.07) is 5.90. The second-order valence-corrected chi connectivity index (χ2v) is 4.79. The quantitative estimate of drug-likeness (QED) is 0.691. The van der Waals surface area contributed by atoms with Crippen LogP contribution in [0.1, 0.15) is 23.0 Å². The summed E-state index contributed by atoms with van der Waals surface area (Å²) >= 11 is 0. The minimum absolute atomic E-state index is 0.361. The molecule has 6 heteroatoms. The third-order valence-corrected chi connectivity index (χ3v) is 3.56. The average Bonchev–Trinajstić information content (AvgIpc) is 3.10. The molecule has 3 aromatic rings. The molecule has 0 radical (unpaired) electrons. The fourth-order valence-corrected chi connectivity index (χ4v) is 2.46. The van der Waals surface area contributed by atoms with E-state index in [9.17, 15) is 4.79 Å². The Morgan fingerprint density at radius 1 is 1.38 bits per heavy atom. The molecule has 0 saturated heterocycles. The molecule has 2 heterocycles. The molecule has 0 bridgehead atoms. The normalized spacial score (nSPS) is 11.0. The third kappa shape index (κ3) is 2.08. The van der Waals surface area contributed by atoms with Crippen molar-refractivity contribution >= 4 is 17.0 Å². The van der Waals surface area contributed by atoms with Gasteiger partial charge in [0.05, 0.1) is 42.0 Å². The molecule has 0 unspecified atom stereocenters. The predicted molar refractivity (Wildman–Crippen MR) is 78.6 cm³/mol. The number of ether oxygens (including phenoxy) is 1. The van der Waals surface area contributed by atoms with Crippen molar-refractivity contribution in [3.05, 3.63) is 42.0 Å². The summed E-state index contributed by atoms with van der Waals surface area (Å²) in [5, 5.41) is 4.33. The van der Waals surface area contributed by atoms with Gasteiger partial charge in [-0.2, -0.15) is 5.10 Å². The number of hydrogen-bond acceptors (Lipinski definition) is 4. The van der Waals surface area contributed by atoms with Crippen LogP contribution >= 0.6 is 0 Å². The molecule has 0 atom stereocenters. The van der Waals surface area contributed by atoms with Gasteiger partial charge in [0.15, 0.2) is 0 Å². The molecule has 0 N–H and O–H groups in total. The first-order valence-electron chi connectivity index (χ1n) is 6.72. The lowest BCUT2D eigenvalue weighted by atomic mass is 10.2. The highest BCUT2D eigenvalue weighted by Gasteiger charge is 2.17. The maximum atomic E-state index is 11.8. The standard InChI is InChI=1S/C15H16N4O2/c1-4-13-11(15(20)21-3)8-17-19(13)10-5-6-12-14(7-10)18(2)9-16-12/h5-9H,4H2,1-3H3. The van der Waals surface area contributed by atoms with E-state index in [1.165, 1.54) is 7.11 Å². The molecule has 0 aliphatic rings. The van der Waals surface area contributed by atoms with Crippen LogP contribution < -0.4 is 0 Å². The molecule has 0 fully saturated rings. The lowest BCUT2D eigenvalue weighted by Gasteiger charge is -2.08. The van der Waals surface area contributed by atoms with Crippen LogP contribution in [0.4, 0.5) is 0 Å². The molecule has 0 aliphatic heterocycles. The van der Waals surface area contributed by atoms with Crippen LogP contribution in [0.5, 0.6) is 0 Å². The minimum atomic E-state index is -0.361. The molecule has 1 aromatic carbocycles. The van der Waals surface area contributed by atoms with Crippen LogP contribution in [0.2, 0.25) is 0 Å². The van der Waals surface area contributed by atoms with Crippen molar-refractivity contribution in [2.75, 3.05) is 7.11 Å². The van der Waals surface area contributed by atoms with Crippen LogP contribution in [0.25, 0.3) is 16.7 Å². The first kappa shape index (κ1) is 13.4. The van der Waals surface area contributed by atoms with E-state index in [0.717, 1.165) is 22.4 Å². The molecule has 6 nitrogen and oxygen atoms in total. The smallest absolute Gasteiger partial charge is 0.341 e. The van der Waals surface area contributed by atoms with Crippen molar-refractivity contribution in [1.82, 2.24) is 19.3 Å². The molecule has 21 heavy (non-hydrogen) atoms. The van der Waals surface area contributed by atoms with E-state index in [2.05, 4.69) is 10.1 Å². The van der Waals surface area contributed by atoms with Gasteiger partial charge < -0.3 is 9.30 Å². The number of aromatic nitrogens is 4. The van der Waals surface area contributed by atoms with Gasteiger partial charge in [0.1, 0.15) is 5.56 Å². The summed E-state index contributed by atoms with van der Waals surface area (Å²) in [5.74, 6) is -0.361. The van der Waals surface area contributed by atoms with Gasteiger partial charge in [0, 0.05) is 7.05 Å². The first-order chi connectivity index (χ1) is 10.2. The Labute approximate surface area is 122 Å². The SMILES string of the molecule is CCc1c(C(=O)OC)cnn1-c1ccc2ncn(C)c2c1. The lowest BCUT2D eigenvalue weighted by molar-refractivity contribution is 0.0599. The zero-order valence-electron chi connectivity index (χ0n) is 12.2. The van der Waals surface area contributed by atoms with Crippen LogP contribution in [-0.4, -0.2) is 32.4 Å². The number of carbonyl (C=O) groups excluding carboxylic acids is 1. The summed E-state index contributed by atoms with van der Waals surface area (Å²) in [4.78, 5) is 16.1. The van der Waals surface area contributed by atoms with E-state index < -0.39 is 0 Å². The molecular formula is C15H16N4O2. The highest BCUT2D eigenvalue weighted by Crippen LogP contribution is 2.20. The largest absolute Gasteiger partial charge is 0.465 e. The predicted octanol–water partition coefficient (Wildman–Crippen LogP) is 2.11. The third-order valence-electron chi connectivity index (χ3n) is 3.56. The number of esters is 1. The Morgan fingerprint density at radius 3 is 2.90 bits per heavy atom. The maximum absolute atomic E-state index is 11.8. The zero-order chi connectivity index (χ0) is 15.0. The Bertz CT molecular complexity index is 816. The molecule has 108 valence electrons. The van der Waals surface area contributed by atoms with E-state index in [4.69, 9.17) is 4.74 Å². The van der Waals surface area contributed by atoms with Crippen molar-refractivity contribution in [2.45, 2.75) is 13.3 Å². The topological polar surface area (TPSA) is 61.9 Å². The van der Waals surface area contributed by atoms with Crippen LogP contribution in [0, 0.1) is 0 Å². The number of benzene rings is 1. The van der Waals surface area contributed by atoms with Crippen molar-refractivity contribution in [3.8, 4) is 5.69 Å². The molecule has 3 rings (SSSR count). The van der Waals surface area contributed by atoms with Crippen molar-refractivity contribution in [3.63, 3.8) is 0 Å². The molecule has 0 saturated carbocycles. The van der Waals surface area contributed by atoms with Gasteiger partial charge in [-0.25, -0.2) is 14.5 Å². The molecule has 0 spiro atoms. The number of carbonyl (C=O) groups is 1. The number of rotatable bonds is 3. The Hall–Kier alpha value is -2.63. The number of aryl methyl sites for hydroxylation is 1. The Balaban J connectivity index is 2.15. The lowest BCUT2D eigenvalue weighted by Crippen LogP contribution is -2.07. The van der Waals surface area contributed by atoms with Gasteiger partial charge in [0.2, 0.25) is 0 Å². The van der Waals surface area contributed by atoms with Gasteiger partial charge in [-0.3, -0.25) is 0 Å². The second kappa shape index (κ2) is 5.05. The molecular weight excluding hydrogens is 268 g/mol. The fraction of sp³-hybridized carbons (Fsp3) is 0.267. The zero-order valence-corrected chi connectivity index (χ0v) is 12.2. The summed E-state index contributed by atoms with van der Waals surface area (Å²) in [7, 11) is 3.32. The number of hydrogen-bond donors (Lipinski definition) is 0. The van der Waals surface area contributed by atoms with E-state index in [0.29, 0.717) is 12.0 Å². The number of fused-ring (bicyclic) bond motifs is 1. The van der Waals surface area contributed by atoms with Crippen LogP contribution in [0.15, 0.2) is 30.7 Å². The van der Waals surface area contributed by atoms with Gasteiger partial charge in [-0.1, -0.05) is 6.92 Å². The molecule has 0 amide bonds. The number of imidazole rings is 1. The van der Waals surface area contributed by atoms with E-state index >= 15 is 0 Å². The fourth-order valence-electron chi connectivity index (χ4n) is 2.46. The summed E-state index contributed by atoms with van der Waals surface area (Å²) in [5.41, 5.74) is 4.19. The van der Waals surface area contributed by atoms with E-state index in [1.807, 2.05) is 36.7 Å². The highest BCUT2D eigenvalue weighted by molar-refractivity contribution is 5.90. The Kier molecular flexibility index (Phi) is 3.21. The van der Waals surface area contributed by atoms with Crippen molar-refractivity contribution in [1.29, 1.82) is 0 Å². The molecule has 0 aliphatic carbocycles. The average molecular weight is 284 g/mol. The summed E-state index contributed by atoms with van der Waals surface area (Å²) in [6.45, 7) is 1.99. The van der Waals surface area contributed by atoms with Crippen LogP contribution in [-0.2, 0) is 18.2 Å². The highest BCUT2D eigenvalue weighted by atomic mass is 16.5. The van der Waals surface area contributed by atoms with Gasteiger partial charge in [0.25, 0.3) is 0 Å². The summed E-state index contributed by atoms with van der Waals surface area (Å²) < 4.78 is 8.53. The Morgan fingerprint density at radius 2 is 2.19 bits per heavy atom. The van der Waals surface area contributed by atoms with Crippen LogP contribution in [0.3, 0.4) is 0 Å². The van der Waals surface area contributed by atoms with E-state index in [-0.39, 0.29) is 5.97 Å². The number of nitrogens with zero attached hydrogens (tertiary/aromatic N) is 4. The minimum Gasteiger partial charge on any atom is -0.465 e. The van der Waals surface area contributed by atoms with Crippen molar-refractivity contribution < 1.29 is 9.53 Å². The second-order valence-electron chi connectivity index (χ2n) is 4.79. The van der Waals surface area contributed by atoms with E-state index in [1.54, 1.807) is 17.2 Å².